The smallest absolute Gasteiger partial charge is 0.407 e. The molecule has 1 heterocycles. The first kappa shape index (κ1) is 20.7. The van der Waals surface area contributed by atoms with E-state index in [9.17, 15) is 19.8 Å². The second-order valence-electron chi connectivity index (χ2n) is 7.44. The molecule has 7 heteroatoms. The van der Waals surface area contributed by atoms with Gasteiger partial charge in [-0.1, -0.05) is 6.42 Å². The van der Waals surface area contributed by atoms with E-state index in [4.69, 9.17) is 4.74 Å². The number of aliphatic hydroxyl groups is 2. The molecule has 0 bridgehead atoms. The van der Waals surface area contributed by atoms with Crippen LogP contribution in [-0.4, -0.2) is 52.6 Å². The third-order valence-corrected chi connectivity index (χ3v) is 3.99. The number of rotatable bonds is 7. The predicted molar refractivity (Wildman–Crippen MR) is 90.5 cm³/mol. The van der Waals surface area contributed by atoms with Crippen LogP contribution < -0.4 is 10.6 Å². The molecular formula is C17H32N2O5. The normalized spacial score (nSPS) is 21.4. The molecular weight excluding hydrogens is 312 g/mol. The van der Waals surface area contributed by atoms with Crippen molar-refractivity contribution in [2.75, 3.05) is 6.61 Å². The molecule has 140 valence electrons. The SMILES string of the molecule is CC(C)(C)OC(=O)NC(CCCC1CCCCC(=O)N1)C(O)CO. The second-order valence-corrected chi connectivity index (χ2v) is 7.44. The Morgan fingerprint density at radius 2 is 2.12 bits per heavy atom. The van der Waals surface area contributed by atoms with Gasteiger partial charge in [-0.25, -0.2) is 4.79 Å². The molecule has 0 aromatic heterocycles. The summed E-state index contributed by atoms with van der Waals surface area (Å²) >= 11 is 0. The summed E-state index contributed by atoms with van der Waals surface area (Å²) in [6.07, 6.45) is 3.87. The molecule has 3 atom stereocenters. The van der Waals surface area contributed by atoms with Gasteiger partial charge in [-0.15, -0.1) is 0 Å². The van der Waals surface area contributed by atoms with Crippen LogP contribution in [0.25, 0.3) is 0 Å². The van der Waals surface area contributed by atoms with Gasteiger partial charge in [0.05, 0.1) is 18.8 Å². The Labute approximate surface area is 144 Å². The Morgan fingerprint density at radius 1 is 1.42 bits per heavy atom. The highest BCUT2D eigenvalue weighted by molar-refractivity contribution is 5.76. The maximum Gasteiger partial charge on any atom is 0.407 e. The second kappa shape index (κ2) is 9.84. The van der Waals surface area contributed by atoms with E-state index in [0.717, 1.165) is 32.1 Å². The number of ether oxygens (including phenoxy) is 1. The summed E-state index contributed by atoms with van der Waals surface area (Å²) in [6.45, 7) is 4.86. The number of hydrogen-bond acceptors (Lipinski definition) is 5. The number of nitrogens with one attached hydrogen (secondary N) is 2. The molecule has 24 heavy (non-hydrogen) atoms. The fraction of sp³-hybridized carbons (Fsp3) is 0.882. The molecule has 0 aromatic rings. The lowest BCUT2D eigenvalue weighted by molar-refractivity contribution is -0.121. The summed E-state index contributed by atoms with van der Waals surface area (Å²) in [5, 5.41) is 24.7. The zero-order valence-electron chi connectivity index (χ0n) is 15.0. The van der Waals surface area contributed by atoms with E-state index in [-0.39, 0.29) is 11.9 Å². The molecule has 1 aliphatic rings. The van der Waals surface area contributed by atoms with Crippen LogP contribution in [0.15, 0.2) is 0 Å². The van der Waals surface area contributed by atoms with Crippen LogP contribution in [0.5, 0.6) is 0 Å². The summed E-state index contributed by atoms with van der Waals surface area (Å²) in [5.41, 5.74) is -0.622. The summed E-state index contributed by atoms with van der Waals surface area (Å²) in [5.74, 6) is 0.0938. The molecule has 0 aromatic carbocycles. The third kappa shape index (κ3) is 8.49. The van der Waals surface area contributed by atoms with Gasteiger partial charge in [-0.05, 0) is 52.9 Å². The molecule has 1 fully saturated rings. The number of carbonyl (C=O) groups excluding carboxylic acids is 2. The van der Waals surface area contributed by atoms with Crippen molar-refractivity contribution in [3.05, 3.63) is 0 Å². The van der Waals surface area contributed by atoms with Crippen molar-refractivity contribution in [2.45, 2.75) is 89.5 Å². The summed E-state index contributed by atoms with van der Waals surface area (Å²) in [7, 11) is 0. The van der Waals surface area contributed by atoms with Gasteiger partial charge in [0.15, 0.2) is 0 Å². The molecule has 2 amide bonds. The van der Waals surface area contributed by atoms with Crippen LogP contribution in [0.1, 0.15) is 65.7 Å². The van der Waals surface area contributed by atoms with Gasteiger partial charge in [0.1, 0.15) is 5.60 Å². The molecule has 0 spiro atoms. The molecule has 0 saturated carbocycles. The summed E-state index contributed by atoms with van der Waals surface area (Å²) < 4.78 is 5.19. The standard InChI is InChI=1S/C17H32N2O5/c1-17(2,3)24-16(23)19-13(14(21)11-20)9-6-8-12-7-4-5-10-15(22)18-12/h12-14,20-21H,4-11H2,1-3H3,(H,18,22)(H,19,23). The lowest BCUT2D eigenvalue weighted by Crippen LogP contribution is -2.47. The molecule has 0 aliphatic carbocycles. The predicted octanol–water partition coefficient (Wildman–Crippen LogP) is 1.46. The molecule has 7 nitrogen and oxygen atoms in total. The van der Waals surface area contributed by atoms with E-state index in [1.807, 2.05) is 0 Å². The first-order chi connectivity index (χ1) is 11.2. The van der Waals surface area contributed by atoms with Crippen LogP contribution >= 0.6 is 0 Å². The van der Waals surface area contributed by atoms with Gasteiger partial charge in [0.25, 0.3) is 0 Å². The topological polar surface area (TPSA) is 108 Å². The molecule has 4 N–H and O–H groups in total. The first-order valence-corrected chi connectivity index (χ1v) is 8.79. The van der Waals surface area contributed by atoms with Crippen molar-refractivity contribution in [2.24, 2.45) is 0 Å². The monoisotopic (exact) mass is 344 g/mol. The number of aliphatic hydroxyl groups excluding tert-OH is 2. The van der Waals surface area contributed by atoms with E-state index in [2.05, 4.69) is 10.6 Å². The Bertz CT molecular complexity index is 408. The van der Waals surface area contributed by atoms with Crippen molar-refractivity contribution in [1.29, 1.82) is 0 Å². The van der Waals surface area contributed by atoms with E-state index >= 15 is 0 Å². The maximum atomic E-state index is 11.9. The molecule has 1 saturated heterocycles. The lowest BCUT2D eigenvalue weighted by atomic mass is 9.99. The van der Waals surface area contributed by atoms with E-state index in [1.54, 1.807) is 20.8 Å². The van der Waals surface area contributed by atoms with Gasteiger partial charge in [0, 0.05) is 12.5 Å². The van der Waals surface area contributed by atoms with E-state index in [0.29, 0.717) is 12.8 Å². The Kier molecular flexibility index (Phi) is 8.48. The van der Waals surface area contributed by atoms with E-state index < -0.39 is 30.4 Å². The van der Waals surface area contributed by atoms with Crippen LogP contribution in [0.4, 0.5) is 4.79 Å². The van der Waals surface area contributed by atoms with Crippen molar-refractivity contribution in [3.8, 4) is 0 Å². The quantitative estimate of drug-likeness (QED) is 0.559. The van der Waals surface area contributed by atoms with Gasteiger partial charge >= 0.3 is 6.09 Å². The lowest BCUT2D eigenvalue weighted by Gasteiger charge is -2.26. The summed E-state index contributed by atoms with van der Waals surface area (Å²) in [6, 6.07) is -0.431. The highest BCUT2D eigenvalue weighted by Gasteiger charge is 2.24. The number of hydrogen-bond donors (Lipinski definition) is 4. The number of amides is 2. The van der Waals surface area contributed by atoms with Crippen molar-refractivity contribution in [3.63, 3.8) is 0 Å². The highest BCUT2D eigenvalue weighted by atomic mass is 16.6. The van der Waals surface area contributed by atoms with Gasteiger partial charge < -0.3 is 25.6 Å². The van der Waals surface area contributed by atoms with E-state index in [1.165, 1.54) is 0 Å². The van der Waals surface area contributed by atoms with Gasteiger partial charge in [-0.2, -0.15) is 0 Å². The summed E-state index contributed by atoms with van der Waals surface area (Å²) in [4.78, 5) is 23.4. The Balaban J connectivity index is 2.45. The largest absolute Gasteiger partial charge is 0.444 e. The number of alkyl carbamates (subject to hydrolysis) is 1. The molecule has 0 radical (unpaired) electrons. The van der Waals surface area contributed by atoms with Crippen LogP contribution in [-0.2, 0) is 9.53 Å². The fourth-order valence-corrected chi connectivity index (χ4v) is 2.80. The minimum absolute atomic E-state index is 0.0938. The van der Waals surface area contributed by atoms with Crippen molar-refractivity contribution < 1.29 is 24.5 Å². The molecule has 1 rings (SSSR count). The Morgan fingerprint density at radius 3 is 2.75 bits per heavy atom. The zero-order chi connectivity index (χ0) is 18.2. The number of carbonyl (C=O) groups is 2. The van der Waals surface area contributed by atoms with Crippen LogP contribution in [0, 0.1) is 0 Å². The maximum absolute atomic E-state index is 11.9. The molecule has 1 aliphatic heterocycles. The highest BCUT2D eigenvalue weighted by Crippen LogP contribution is 2.16. The van der Waals surface area contributed by atoms with Gasteiger partial charge in [-0.3, -0.25) is 4.79 Å². The third-order valence-electron chi connectivity index (χ3n) is 3.99. The van der Waals surface area contributed by atoms with Crippen LogP contribution in [0.3, 0.4) is 0 Å². The average molecular weight is 344 g/mol. The molecule has 3 unspecified atom stereocenters. The minimum Gasteiger partial charge on any atom is -0.444 e. The Hall–Kier alpha value is -1.34. The van der Waals surface area contributed by atoms with Crippen LogP contribution in [0.2, 0.25) is 0 Å². The van der Waals surface area contributed by atoms with Crippen molar-refractivity contribution >= 4 is 12.0 Å². The average Bonchev–Trinajstić information content (AvgIpc) is 2.67. The van der Waals surface area contributed by atoms with Crippen molar-refractivity contribution in [1.82, 2.24) is 10.6 Å². The van der Waals surface area contributed by atoms with Gasteiger partial charge in [0.2, 0.25) is 5.91 Å². The minimum atomic E-state index is -1.04. The fourth-order valence-electron chi connectivity index (χ4n) is 2.80. The zero-order valence-corrected chi connectivity index (χ0v) is 15.0. The first-order valence-electron chi connectivity index (χ1n) is 8.79.